The maximum absolute atomic E-state index is 12.7. The zero-order valence-electron chi connectivity index (χ0n) is 14.3. The lowest BCUT2D eigenvalue weighted by Crippen LogP contribution is -2.20. The third-order valence-corrected chi connectivity index (χ3v) is 3.80. The Kier molecular flexibility index (Phi) is 4.94. The molecule has 0 unspecified atom stereocenters. The minimum Gasteiger partial charge on any atom is -0.507 e. The molecule has 7 N–H and O–H groups in total. The molecule has 0 fully saturated rings. The highest BCUT2D eigenvalue weighted by molar-refractivity contribution is 6.16. The number of hydrogen-bond donors (Lipinski definition) is 5. The van der Waals surface area contributed by atoms with Crippen LogP contribution in [0.25, 0.3) is 0 Å². The molecule has 0 spiro atoms. The molecule has 0 radical (unpaired) electrons. The van der Waals surface area contributed by atoms with E-state index in [0.717, 1.165) is 0 Å². The molecule has 0 saturated carbocycles. The van der Waals surface area contributed by atoms with Crippen molar-refractivity contribution in [1.29, 1.82) is 0 Å². The lowest BCUT2D eigenvalue weighted by atomic mass is 10.0. The monoisotopic (exact) mass is 362 g/mol. The molecule has 3 aromatic rings. The normalized spacial score (nSPS) is 10.2. The minimum absolute atomic E-state index is 0.0267. The van der Waals surface area contributed by atoms with Crippen LogP contribution < -0.4 is 22.1 Å². The summed E-state index contributed by atoms with van der Waals surface area (Å²) in [5.74, 6) is -1.48. The van der Waals surface area contributed by atoms with E-state index in [2.05, 4.69) is 10.6 Å². The summed E-state index contributed by atoms with van der Waals surface area (Å²) in [6, 6.07) is 17.5. The van der Waals surface area contributed by atoms with E-state index in [0.29, 0.717) is 22.7 Å². The number of hydrogen-bond acceptors (Lipinski definition) is 5. The third kappa shape index (κ3) is 4.16. The minimum atomic E-state index is -0.628. The first-order valence-corrected chi connectivity index (χ1v) is 8.10. The maximum Gasteiger partial charge on any atom is 0.260 e. The van der Waals surface area contributed by atoms with Crippen molar-refractivity contribution in [3.8, 4) is 5.75 Å². The van der Waals surface area contributed by atoms with Crippen molar-refractivity contribution in [1.82, 2.24) is 0 Å². The van der Waals surface area contributed by atoms with E-state index in [-0.39, 0.29) is 16.9 Å². The number of amides is 2. The van der Waals surface area contributed by atoms with Gasteiger partial charge < -0.3 is 27.2 Å². The SMILES string of the molecule is Nc1cccc(NC(=O)c2cccc(O)c2C(=O)Nc2cccc(N)c2)c1. The van der Waals surface area contributed by atoms with Crippen molar-refractivity contribution in [2.75, 3.05) is 22.1 Å². The van der Waals surface area contributed by atoms with Crippen LogP contribution in [0.5, 0.6) is 5.75 Å². The first-order chi connectivity index (χ1) is 12.9. The largest absolute Gasteiger partial charge is 0.507 e. The number of carbonyl (C=O) groups excluding carboxylic acids is 2. The Labute approximate surface area is 155 Å². The fraction of sp³-hybridized carbons (Fsp3) is 0. The molecule has 3 aromatic carbocycles. The summed E-state index contributed by atoms with van der Waals surface area (Å²) in [4.78, 5) is 25.3. The molecule has 0 aliphatic rings. The lowest BCUT2D eigenvalue weighted by Gasteiger charge is -2.13. The summed E-state index contributed by atoms with van der Waals surface area (Å²) in [5.41, 5.74) is 13.2. The van der Waals surface area contributed by atoms with Crippen LogP contribution in [0, 0.1) is 0 Å². The summed E-state index contributed by atoms with van der Waals surface area (Å²) in [7, 11) is 0. The number of nitrogens with one attached hydrogen (secondary N) is 2. The number of carbonyl (C=O) groups is 2. The van der Waals surface area contributed by atoms with Crippen LogP contribution in [0.3, 0.4) is 0 Å². The topological polar surface area (TPSA) is 130 Å². The van der Waals surface area contributed by atoms with Gasteiger partial charge in [0, 0.05) is 22.7 Å². The molecular weight excluding hydrogens is 344 g/mol. The van der Waals surface area contributed by atoms with Crippen LogP contribution in [0.1, 0.15) is 20.7 Å². The Hall–Kier alpha value is -4.00. The molecule has 0 aliphatic carbocycles. The Morgan fingerprint density at radius 1 is 0.741 bits per heavy atom. The number of anilines is 4. The smallest absolute Gasteiger partial charge is 0.260 e. The van der Waals surface area contributed by atoms with Crippen molar-refractivity contribution in [2.24, 2.45) is 0 Å². The first kappa shape index (κ1) is 17.8. The lowest BCUT2D eigenvalue weighted by molar-refractivity contribution is 0.0988. The molecule has 0 atom stereocenters. The summed E-state index contributed by atoms with van der Waals surface area (Å²) in [5, 5.41) is 15.5. The molecule has 7 nitrogen and oxygen atoms in total. The highest BCUT2D eigenvalue weighted by Gasteiger charge is 2.21. The third-order valence-electron chi connectivity index (χ3n) is 3.80. The molecule has 136 valence electrons. The molecule has 0 saturated heterocycles. The maximum atomic E-state index is 12.7. The number of phenols is 1. The van der Waals surface area contributed by atoms with Crippen LogP contribution >= 0.6 is 0 Å². The quantitative estimate of drug-likeness (QED) is 0.455. The van der Waals surface area contributed by atoms with Gasteiger partial charge in [-0.15, -0.1) is 0 Å². The van der Waals surface area contributed by atoms with Gasteiger partial charge in [0.05, 0.1) is 11.1 Å². The zero-order valence-corrected chi connectivity index (χ0v) is 14.3. The van der Waals surface area contributed by atoms with E-state index in [9.17, 15) is 14.7 Å². The van der Waals surface area contributed by atoms with Gasteiger partial charge in [-0.2, -0.15) is 0 Å². The average Bonchev–Trinajstić information content (AvgIpc) is 2.61. The van der Waals surface area contributed by atoms with Crippen molar-refractivity contribution >= 4 is 34.6 Å². The number of nitrogen functional groups attached to an aromatic ring is 2. The second kappa shape index (κ2) is 7.49. The molecule has 0 heterocycles. The second-order valence-electron chi connectivity index (χ2n) is 5.86. The van der Waals surface area contributed by atoms with Gasteiger partial charge in [0.25, 0.3) is 11.8 Å². The van der Waals surface area contributed by atoms with Gasteiger partial charge >= 0.3 is 0 Å². The first-order valence-electron chi connectivity index (χ1n) is 8.10. The van der Waals surface area contributed by atoms with Gasteiger partial charge in [-0.3, -0.25) is 9.59 Å². The molecule has 0 aromatic heterocycles. The number of phenolic OH excluding ortho intramolecular Hbond substituents is 1. The number of aromatic hydroxyl groups is 1. The van der Waals surface area contributed by atoms with Crippen molar-refractivity contribution in [2.45, 2.75) is 0 Å². The number of rotatable bonds is 4. The van der Waals surface area contributed by atoms with E-state index in [1.54, 1.807) is 48.5 Å². The average molecular weight is 362 g/mol. The summed E-state index contributed by atoms with van der Waals surface area (Å²) in [6.45, 7) is 0. The van der Waals surface area contributed by atoms with E-state index in [1.165, 1.54) is 18.2 Å². The van der Waals surface area contributed by atoms with Crippen molar-refractivity contribution in [3.63, 3.8) is 0 Å². The Bertz CT molecular complexity index is 1020. The molecule has 0 aliphatic heterocycles. The van der Waals surface area contributed by atoms with Crippen molar-refractivity contribution in [3.05, 3.63) is 77.9 Å². The Morgan fingerprint density at radius 2 is 1.26 bits per heavy atom. The van der Waals surface area contributed by atoms with Gasteiger partial charge in [-0.1, -0.05) is 18.2 Å². The summed E-state index contributed by atoms with van der Waals surface area (Å²) in [6.07, 6.45) is 0. The Balaban J connectivity index is 1.89. The van der Waals surface area contributed by atoms with Gasteiger partial charge in [0.15, 0.2) is 0 Å². The Morgan fingerprint density at radius 3 is 1.81 bits per heavy atom. The van der Waals surface area contributed by atoms with Crippen LogP contribution in [0.4, 0.5) is 22.7 Å². The standard InChI is InChI=1S/C20H18N4O3/c21-12-4-1-6-14(10-12)23-19(26)16-8-3-9-17(25)18(16)20(27)24-15-7-2-5-13(22)11-15/h1-11,25H,21-22H2,(H,23,26)(H,24,27). The van der Waals surface area contributed by atoms with Gasteiger partial charge in [-0.25, -0.2) is 0 Å². The van der Waals surface area contributed by atoms with Crippen molar-refractivity contribution < 1.29 is 14.7 Å². The van der Waals surface area contributed by atoms with Crippen LogP contribution in [0.15, 0.2) is 66.7 Å². The van der Waals surface area contributed by atoms with Crippen LogP contribution in [-0.2, 0) is 0 Å². The highest BCUT2D eigenvalue weighted by atomic mass is 16.3. The predicted octanol–water partition coefficient (Wildman–Crippen LogP) is 3.06. The van der Waals surface area contributed by atoms with Gasteiger partial charge in [0.1, 0.15) is 5.75 Å². The summed E-state index contributed by atoms with van der Waals surface area (Å²) >= 11 is 0. The molecule has 0 bridgehead atoms. The zero-order chi connectivity index (χ0) is 19.4. The van der Waals surface area contributed by atoms with E-state index in [4.69, 9.17) is 11.5 Å². The summed E-state index contributed by atoms with van der Waals surface area (Å²) < 4.78 is 0. The predicted molar refractivity (Wildman–Crippen MR) is 106 cm³/mol. The highest BCUT2D eigenvalue weighted by Crippen LogP contribution is 2.24. The fourth-order valence-electron chi connectivity index (χ4n) is 2.59. The van der Waals surface area contributed by atoms with Gasteiger partial charge in [-0.05, 0) is 48.5 Å². The van der Waals surface area contributed by atoms with E-state index < -0.39 is 11.8 Å². The molecule has 2 amide bonds. The molecular formula is C20H18N4O3. The molecule has 7 heteroatoms. The molecule has 3 rings (SSSR count). The molecule has 27 heavy (non-hydrogen) atoms. The van der Waals surface area contributed by atoms with Crippen LogP contribution in [-0.4, -0.2) is 16.9 Å². The van der Waals surface area contributed by atoms with Gasteiger partial charge in [0.2, 0.25) is 0 Å². The second-order valence-corrected chi connectivity index (χ2v) is 5.86. The number of nitrogens with two attached hydrogens (primary N) is 2. The van der Waals surface area contributed by atoms with E-state index in [1.807, 2.05) is 0 Å². The fourth-order valence-corrected chi connectivity index (χ4v) is 2.59. The number of benzene rings is 3. The van der Waals surface area contributed by atoms with Crippen LogP contribution in [0.2, 0.25) is 0 Å². The van der Waals surface area contributed by atoms with E-state index >= 15 is 0 Å².